The van der Waals surface area contributed by atoms with Gasteiger partial charge in [0, 0.05) is 5.75 Å². The van der Waals surface area contributed by atoms with Crippen molar-refractivity contribution < 1.29 is 18.0 Å². The van der Waals surface area contributed by atoms with Crippen LogP contribution in [0.1, 0.15) is 19.4 Å². The van der Waals surface area contributed by atoms with E-state index in [4.69, 9.17) is 9.05 Å². The highest BCUT2D eigenvalue weighted by molar-refractivity contribution is 8.54. The van der Waals surface area contributed by atoms with Crippen LogP contribution < -0.4 is 0 Å². The van der Waals surface area contributed by atoms with E-state index in [1.54, 1.807) is 26.0 Å². The monoisotopic (exact) mass is 278 g/mol. The Bertz CT molecular complexity index is 373. The zero-order valence-corrected chi connectivity index (χ0v) is 11.6. The minimum absolute atomic E-state index is 0.281. The molecule has 0 aliphatic heterocycles. The molecule has 6 heteroatoms. The summed E-state index contributed by atoms with van der Waals surface area (Å²) in [7, 11) is 0. The van der Waals surface area contributed by atoms with Crippen molar-refractivity contribution in [2.45, 2.75) is 19.6 Å². The first-order valence-corrected chi connectivity index (χ1v) is 8.51. The van der Waals surface area contributed by atoms with Gasteiger partial charge in [-0.05, 0) is 42.9 Å². The van der Waals surface area contributed by atoms with E-state index in [9.17, 15) is 8.96 Å². The molecule has 0 amide bonds. The van der Waals surface area contributed by atoms with Gasteiger partial charge in [-0.2, -0.15) is 0 Å². The second kappa shape index (κ2) is 7.17. The third-order valence-electron chi connectivity index (χ3n) is 1.88. The molecular formula is C11H16FO3PS. The van der Waals surface area contributed by atoms with Crippen LogP contribution in [0.3, 0.4) is 0 Å². The minimum Gasteiger partial charge on any atom is -0.301 e. The maximum Gasteiger partial charge on any atom is 0.389 e. The molecule has 0 aromatic heterocycles. The standard InChI is InChI=1S/C11H16FO3PS/c1-3-14-16(13,15-4-2)17-9-10-5-7-11(12)8-6-10/h5-8H,3-4,9H2,1-2H3. The summed E-state index contributed by atoms with van der Waals surface area (Å²) < 4.78 is 35.1. The third-order valence-corrected chi connectivity index (χ3v) is 5.77. The second-order valence-electron chi connectivity index (χ2n) is 3.18. The first-order valence-electron chi connectivity index (χ1n) is 5.37. The first kappa shape index (κ1) is 14.7. The molecule has 1 rings (SSSR count). The fourth-order valence-corrected chi connectivity index (χ4v) is 4.52. The van der Waals surface area contributed by atoms with Gasteiger partial charge in [0.05, 0.1) is 13.2 Å². The molecule has 0 fully saturated rings. The molecular weight excluding hydrogens is 262 g/mol. The maximum atomic E-state index is 12.7. The Balaban J connectivity index is 2.57. The molecule has 0 bridgehead atoms. The summed E-state index contributed by atoms with van der Waals surface area (Å²) in [6.07, 6.45) is 0. The topological polar surface area (TPSA) is 35.5 Å². The predicted molar refractivity (Wildman–Crippen MR) is 68.6 cm³/mol. The third kappa shape index (κ3) is 5.21. The van der Waals surface area contributed by atoms with Crippen LogP contribution in [0.15, 0.2) is 24.3 Å². The van der Waals surface area contributed by atoms with Gasteiger partial charge in [-0.15, -0.1) is 0 Å². The van der Waals surface area contributed by atoms with Crippen LogP contribution in [0, 0.1) is 5.82 Å². The summed E-state index contributed by atoms with van der Waals surface area (Å²) in [6.45, 7) is 1.14. The van der Waals surface area contributed by atoms with Crippen molar-refractivity contribution in [1.29, 1.82) is 0 Å². The highest BCUT2D eigenvalue weighted by atomic mass is 32.7. The van der Waals surface area contributed by atoms with E-state index in [2.05, 4.69) is 0 Å². The lowest BCUT2D eigenvalue weighted by atomic mass is 10.2. The molecule has 1 aromatic rings. The lowest BCUT2D eigenvalue weighted by molar-refractivity contribution is 0.237. The van der Waals surface area contributed by atoms with Crippen LogP contribution in [0.4, 0.5) is 4.39 Å². The molecule has 0 saturated carbocycles. The fourth-order valence-electron chi connectivity index (χ4n) is 1.16. The van der Waals surface area contributed by atoms with E-state index >= 15 is 0 Å². The van der Waals surface area contributed by atoms with E-state index in [0.717, 1.165) is 16.9 Å². The molecule has 3 nitrogen and oxygen atoms in total. The lowest BCUT2D eigenvalue weighted by Crippen LogP contribution is -1.93. The number of hydrogen-bond donors (Lipinski definition) is 0. The molecule has 0 aliphatic carbocycles. The molecule has 96 valence electrons. The Kier molecular flexibility index (Phi) is 6.20. The van der Waals surface area contributed by atoms with Crippen LogP contribution >= 0.6 is 18.2 Å². The molecule has 0 aliphatic rings. The molecule has 0 atom stereocenters. The van der Waals surface area contributed by atoms with Gasteiger partial charge >= 0.3 is 6.80 Å². The summed E-state index contributed by atoms with van der Waals surface area (Å²) in [4.78, 5) is 0. The van der Waals surface area contributed by atoms with Crippen LogP contribution in [0.5, 0.6) is 0 Å². The number of hydrogen-bond acceptors (Lipinski definition) is 4. The van der Waals surface area contributed by atoms with E-state index in [1.807, 2.05) is 0 Å². The Labute approximate surface area is 105 Å². The summed E-state index contributed by atoms with van der Waals surface area (Å²) in [5.74, 6) is 0.189. The normalized spacial score (nSPS) is 11.7. The second-order valence-corrected chi connectivity index (χ2v) is 7.26. The van der Waals surface area contributed by atoms with Crippen LogP contribution in [0.25, 0.3) is 0 Å². The Morgan fingerprint density at radius 3 is 2.18 bits per heavy atom. The van der Waals surface area contributed by atoms with Gasteiger partial charge in [0.2, 0.25) is 0 Å². The summed E-state index contributed by atoms with van der Waals surface area (Å²) >= 11 is 1.12. The summed E-state index contributed by atoms with van der Waals surface area (Å²) in [5, 5.41) is 0. The van der Waals surface area contributed by atoms with Crippen LogP contribution in [-0.4, -0.2) is 13.2 Å². The Morgan fingerprint density at radius 2 is 1.71 bits per heavy atom. The van der Waals surface area contributed by atoms with Gasteiger partial charge in [-0.3, -0.25) is 0 Å². The van der Waals surface area contributed by atoms with E-state index in [1.165, 1.54) is 12.1 Å². The predicted octanol–water partition coefficient (Wildman–Crippen LogP) is 4.24. The Morgan fingerprint density at radius 1 is 1.18 bits per heavy atom. The van der Waals surface area contributed by atoms with E-state index < -0.39 is 6.80 Å². The average Bonchev–Trinajstić information content (AvgIpc) is 2.29. The number of rotatable bonds is 7. The van der Waals surface area contributed by atoms with Crippen molar-refractivity contribution in [2.24, 2.45) is 0 Å². The SMILES string of the molecule is CCOP(=O)(OCC)SCc1ccc(F)cc1. The zero-order chi connectivity index (χ0) is 12.7. The van der Waals surface area contributed by atoms with Crippen molar-refractivity contribution in [3.63, 3.8) is 0 Å². The molecule has 17 heavy (non-hydrogen) atoms. The van der Waals surface area contributed by atoms with Gasteiger partial charge < -0.3 is 9.05 Å². The summed E-state index contributed by atoms with van der Waals surface area (Å²) in [5.41, 5.74) is 0.885. The molecule has 0 unspecified atom stereocenters. The molecule has 0 spiro atoms. The highest BCUT2D eigenvalue weighted by Gasteiger charge is 2.24. The largest absolute Gasteiger partial charge is 0.389 e. The van der Waals surface area contributed by atoms with E-state index in [-0.39, 0.29) is 5.82 Å². The van der Waals surface area contributed by atoms with Crippen molar-refractivity contribution in [2.75, 3.05) is 13.2 Å². The van der Waals surface area contributed by atoms with E-state index in [0.29, 0.717) is 19.0 Å². The highest BCUT2D eigenvalue weighted by Crippen LogP contribution is 2.61. The molecule has 0 saturated heterocycles. The van der Waals surface area contributed by atoms with Gasteiger partial charge in [-0.1, -0.05) is 12.1 Å². The smallest absolute Gasteiger partial charge is 0.301 e. The van der Waals surface area contributed by atoms with Gasteiger partial charge in [0.1, 0.15) is 5.82 Å². The maximum absolute atomic E-state index is 12.7. The van der Waals surface area contributed by atoms with Crippen LogP contribution in [0.2, 0.25) is 0 Å². The molecule has 0 heterocycles. The summed E-state index contributed by atoms with van der Waals surface area (Å²) in [6, 6.07) is 6.07. The number of halogens is 1. The van der Waals surface area contributed by atoms with Crippen molar-refractivity contribution in [3.05, 3.63) is 35.6 Å². The Hall–Kier alpha value is -0.350. The first-order chi connectivity index (χ1) is 8.09. The molecule has 0 N–H and O–H groups in total. The quantitative estimate of drug-likeness (QED) is 0.699. The minimum atomic E-state index is -3.07. The molecule has 1 aromatic carbocycles. The van der Waals surface area contributed by atoms with Gasteiger partial charge in [0.25, 0.3) is 0 Å². The van der Waals surface area contributed by atoms with Crippen molar-refractivity contribution in [3.8, 4) is 0 Å². The molecule has 0 radical (unpaired) electrons. The van der Waals surface area contributed by atoms with Gasteiger partial charge in [0.15, 0.2) is 0 Å². The number of benzene rings is 1. The zero-order valence-electron chi connectivity index (χ0n) is 9.89. The van der Waals surface area contributed by atoms with Crippen molar-refractivity contribution in [1.82, 2.24) is 0 Å². The van der Waals surface area contributed by atoms with Crippen LogP contribution in [-0.2, 0) is 19.4 Å². The fraction of sp³-hybridized carbons (Fsp3) is 0.455. The van der Waals surface area contributed by atoms with Crippen molar-refractivity contribution >= 4 is 18.2 Å². The lowest BCUT2D eigenvalue weighted by Gasteiger charge is -2.15. The average molecular weight is 278 g/mol. The van der Waals surface area contributed by atoms with Gasteiger partial charge in [-0.25, -0.2) is 8.96 Å².